The zero-order valence-electron chi connectivity index (χ0n) is 10.6. The van der Waals surface area contributed by atoms with Crippen LogP contribution in [0.5, 0.6) is 0 Å². The molecule has 0 saturated heterocycles. The van der Waals surface area contributed by atoms with Gasteiger partial charge in [-0.15, -0.1) is 11.6 Å². The lowest BCUT2D eigenvalue weighted by molar-refractivity contribution is 0.348. The van der Waals surface area contributed by atoms with Gasteiger partial charge in [-0.25, -0.2) is 4.39 Å². The molecule has 0 N–H and O–H groups in total. The third-order valence-electron chi connectivity index (χ3n) is 3.84. The standard InChI is InChI=1S/C15H20ClF/c1-10-8-13(9-11(2)15(10)17)14(16)12-6-4-3-5-7-12/h8-9,12,14H,3-7H2,1-2H3. The molecule has 0 aromatic heterocycles. The molecule has 94 valence electrons. The molecule has 1 fully saturated rings. The third kappa shape index (κ3) is 2.82. The van der Waals surface area contributed by atoms with Crippen molar-refractivity contribution in [1.82, 2.24) is 0 Å². The van der Waals surface area contributed by atoms with Crippen molar-refractivity contribution < 1.29 is 4.39 Å². The molecule has 0 heterocycles. The predicted molar refractivity (Wildman–Crippen MR) is 71.0 cm³/mol. The molecule has 0 aliphatic heterocycles. The molecule has 1 atom stereocenters. The van der Waals surface area contributed by atoms with Crippen LogP contribution in [0.2, 0.25) is 0 Å². The Hall–Kier alpha value is -0.560. The van der Waals surface area contributed by atoms with Crippen molar-refractivity contribution in [1.29, 1.82) is 0 Å². The van der Waals surface area contributed by atoms with E-state index >= 15 is 0 Å². The fraction of sp³-hybridized carbons (Fsp3) is 0.600. The Kier molecular flexibility index (Phi) is 4.09. The molecule has 1 saturated carbocycles. The van der Waals surface area contributed by atoms with Crippen LogP contribution in [0.1, 0.15) is 54.2 Å². The van der Waals surface area contributed by atoms with E-state index in [9.17, 15) is 4.39 Å². The predicted octanol–water partition coefficient (Wildman–Crippen LogP) is 5.30. The fourth-order valence-corrected chi connectivity index (χ4v) is 3.22. The third-order valence-corrected chi connectivity index (χ3v) is 4.45. The minimum Gasteiger partial charge on any atom is -0.206 e. The summed E-state index contributed by atoms with van der Waals surface area (Å²) in [5.41, 5.74) is 2.51. The molecule has 1 aromatic rings. The van der Waals surface area contributed by atoms with Crippen LogP contribution in [0.3, 0.4) is 0 Å². The van der Waals surface area contributed by atoms with Crippen molar-refractivity contribution >= 4 is 11.6 Å². The average molecular weight is 255 g/mol. The summed E-state index contributed by atoms with van der Waals surface area (Å²) in [4.78, 5) is 0. The number of aryl methyl sites for hydroxylation is 2. The van der Waals surface area contributed by atoms with Crippen molar-refractivity contribution in [2.45, 2.75) is 51.3 Å². The summed E-state index contributed by atoms with van der Waals surface area (Å²) in [6, 6.07) is 3.82. The maximum Gasteiger partial charge on any atom is 0.129 e. The van der Waals surface area contributed by atoms with Gasteiger partial charge in [-0.2, -0.15) is 0 Å². The first kappa shape index (κ1) is 12.9. The van der Waals surface area contributed by atoms with Gasteiger partial charge in [0.1, 0.15) is 5.82 Å². The number of alkyl halides is 1. The van der Waals surface area contributed by atoms with Crippen LogP contribution in [-0.2, 0) is 0 Å². The number of rotatable bonds is 2. The van der Waals surface area contributed by atoms with E-state index in [4.69, 9.17) is 11.6 Å². The molecular weight excluding hydrogens is 235 g/mol. The van der Waals surface area contributed by atoms with E-state index in [-0.39, 0.29) is 11.2 Å². The van der Waals surface area contributed by atoms with Gasteiger partial charge in [0.15, 0.2) is 0 Å². The molecule has 2 heteroatoms. The zero-order chi connectivity index (χ0) is 12.4. The summed E-state index contributed by atoms with van der Waals surface area (Å²) in [6.07, 6.45) is 6.33. The maximum atomic E-state index is 13.6. The van der Waals surface area contributed by atoms with E-state index in [1.807, 2.05) is 26.0 Å². The Morgan fingerprint density at radius 1 is 1.12 bits per heavy atom. The summed E-state index contributed by atoms with van der Waals surface area (Å²) in [7, 11) is 0. The zero-order valence-corrected chi connectivity index (χ0v) is 11.4. The molecule has 0 nitrogen and oxygen atoms in total. The van der Waals surface area contributed by atoms with Gasteiger partial charge in [-0.3, -0.25) is 0 Å². The van der Waals surface area contributed by atoms with Gasteiger partial charge in [0.05, 0.1) is 5.38 Å². The highest BCUT2D eigenvalue weighted by Crippen LogP contribution is 2.39. The second-order valence-electron chi connectivity index (χ2n) is 5.27. The number of benzene rings is 1. The van der Waals surface area contributed by atoms with E-state index in [2.05, 4.69) is 0 Å². The Labute approximate surface area is 108 Å². The molecule has 0 bridgehead atoms. The number of hydrogen-bond donors (Lipinski definition) is 0. The Morgan fingerprint density at radius 3 is 2.18 bits per heavy atom. The first-order chi connectivity index (χ1) is 8.09. The first-order valence-corrected chi connectivity index (χ1v) is 6.94. The van der Waals surface area contributed by atoms with Gasteiger partial charge in [-0.05, 0) is 49.3 Å². The van der Waals surface area contributed by atoms with Crippen LogP contribution < -0.4 is 0 Å². The lowest BCUT2D eigenvalue weighted by atomic mass is 9.84. The molecule has 0 amide bonds. The van der Waals surface area contributed by atoms with Gasteiger partial charge in [-0.1, -0.05) is 31.4 Å². The second kappa shape index (κ2) is 5.39. The van der Waals surface area contributed by atoms with E-state index in [1.165, 1.54) is 32.1 Å². The maximum absolute atomic E-state index is 13.6. The average Bonchev–Trinajstić information content (AvgIpc) is 2.35. The second-order valence-corrected chi connectivity index (χ2v) is 5.74. The quantitative estimate of drug-likeness (QED) is 0.628. The molecule has 0 spiro atoms. The molecule has 0 radical (unpaired) electrons. The van der Waals surface area contributed by atoms with E-state index in [0.717, 1.165) is 5.56 Å². The topological polar surface area (TPSA) is 0 Å². The van der Waals surface area contributed by atoms with Crippen LogP contribution in [0.4, 0.5) is 4.39 Å². The first-order valence-electron chi connectivity index (χ1n) is 6.50. The van der Waals surface area contributed by atoms with Gasteiger partial charge < -0.3 is 0 Å². The Morgan fingerprint density at radius 2 is 1.65 bits per heavy atom. The van der Waals surface area contributed by atoms with Gasteiger partial charge in [0.25, 0.3) is 0 Å². The highest BCUT2D eigenvalue weighted by Gasteiger charge is 2.23. The molecule has 1 aliphatic carbocycles. The SMILES string of the molecule is Cc1cc(C(Cl)C2CCCCC2)cc(C)c1F. The van der Waals surface area contributed by atoms with Crippen LogP contribution in [0, 0.1) is 25.6 Å². The minimum absolute atomic E-state index is 0.0494. The smallest absolute Gasteiger partial charge is 0.129 e. The van der Waals surface area contributed by atoms with Crippen molar-refractivity contribution in [3.05, 3.63) is 34.6 Å². The van der Waals surface area contributed by atoms with Crippen LogP contribution in [0.15, 0.2) is 12.1 Å². The lowest BCUT2D eigenvalue weighted by Crippen LogP contribution is -2.12. The molecule has 2 rings (SSSR count). The van der Waals surface area contributed by atoms with Crippen molar-refractivity contribution in [2.24, 2.45) is 5.92 Å². The Balaban J connectivity index is 2.21. The van der Waals surface area contributed by atoms with E-state index in [1.54, 1.807) is 0 Å². The van der Waals surface area contributed by atoms with E-state index in [0.29, 0.717) is 17.0 Å². The van der Waals surface area contributed by atoms with Crippen LogP contribution >= 0.6 is 11.6 Å². The van der Waals surface area contributed by atoms with Crippen LogP contribution in [-0.4, -0.2) is 0 Å². The van der Waals surface area contributed by atoms with Gasteiger partial charge >= 0.3 is 0 Å². The number of hydrogen-bond acceptors (Lipinski definition) is 0. The molecule has 1 aromatic carbocycles. The fourth-order valence-electron chi connectivity index (χ4n) is 2.84. The summed E-state index contributed by atoms with van der Waals surface area (Å²) >= 11 is 6.56. The van der Waals surface area contributed by atoms with Crippen LogP contribution in [0.25, 0.3) is 0 Å². The monoisotopic (exact) mass is 254 g/mol. The molecule has 1 unspecified atom stereocenters. The molecule has 17 heavy (non-hydrogen) atoms. The lowest BCUT2D eigenvalue weighted by Gasteiger charge is -2.26. The van der Waals surface area contributed by atoms with E-state index < -0.39 is 0 Å². The summed E-state index contributed by atoms with van der Waals surface area (Å²) in [5, 5.41) is 0.0494. The van der Waals surface area contributed by atoms with Crippen molar-refractivity contribution in [3.63, 3.8) is 0 Å². The summed E-state index contributed by atoms with van der Waals surface area (Å²) < 4.78 is 13.6. The number of halogens is 2. The van der Waals surface area contributed by atoms with Gasteiger partial charge in [0, 0.05) is 0 Å². The minimum atomic E-state index is -0.0961. The van der Waals surface area contributed by atoms with Gasteiger partial charge in [0.2, 0.25) is 0 Å². The normalized spacial score (nSPS) is 19.3. The van der Waals surface area contributed by atoms with Crippen molar-refractivity contribution in [2.75, 3.05) is 0 Å². The highest BCUT2D eigenvalue weighted by molar-refractivity contribution is 6.21. The Bertz CT molecular complexity index is 371. The largest absolute Gasteiger partial charge is 0.206 e. The summed E-state index contributed by atoms with van der Waals surface area (Å²) in [6.45, 7) is 3.63. The highest BCUT2D eigenvalue weighted by atomic mass is 35.5. The molecule has 1 aliphatic rings. The molecular formula is C15H20ClF. The summed E-state index contributed by atoms with van der Waals surface area (Å²) in [5.74, 6) is 0.468. The van der Waals surface area contributed by atoms with Crippen molar-refractivity contribution in [3.8, 4) is 0 Å².